The molecule has 1 N–H and O–H groups in total. The molecule has 1 rings (SSSR count). The fourth-order valence-electron chi connectivity index (χ4n) is 1.67. The van der Waals surface area contributed by atoms with E-state index < -0.39 is 5.97 Å². The number of ether oxygens (including phenoxy) is 1. The Bertz CT molecular complexity index is 382. The Kier molecular flexibility index (Phi) is 6.11. The minimum atomic E-state index is -1.11. The van der Waals surface area contributed by atoms with Crippen LogP contribution in [0.4, 0.5) is 0 Å². The van der Waals surface area contributed by atoms with Crippen molar-refractivity contribution in [1.29, 1.82) is 0 Å². The van der Waals surface area contributed by atoms with Crippen molar-refractivity contribution in [2.24, 2.45) is 5.92 Å². The second-order valence-corrected chi connectivity index (χ2v) is 4.24. The number of unbranched alkanes of at least 4 members (excludes halogenated alkanes) is 1. The fraction of sp³-hybridized carbons (Fsp3) is 0.615. The monoisotopic (exact) mass is 252 g/mol. The van der Waals surface area contributed by atoms with Gasteiger partial charge in [0.1, 0.15) is 0 Å². The molecule has 0 aliphatic heterocycles. The summed E-state index contributed by atoms with van der Waals surface area (Å²) in [7, 11) is 0. The van der Waals surface area contributed by atoms with E-state index in [4.69, 9.17) is 9.84 Å². The first kappa shape index (κ1) is 14.4. The lowest BCUT2D eigenvalue weighted by atomic mass is 10.0. The van der Waals surface area contributed by atoms with Crippen LogP contribution < -0.4 is 4.74 Å². The second kappa shape index (κ2) is 7.63. The number of carboxylic acids is 1. The maximum atomic E-state index is 10.9. The largest absolute Gasteiger partial charge is 0.476 e. The van der Waals surface area contributed by atoms with E-state index in [1.165, 1.54) is 12.4 Å². The summed E-state index contributed by atoms with van der Waals surface area (Å²) in [4.78, 5) is 18.6. The molecule has 0 radical (unpaired) electrons. The van der Waals surface area contributed by atoms with Gasteiger partial charge in [0.15, 0.2) is 0 Å². The van der Waals surface area contributed by atoms with Crippen LogP contribution in [0.2, 0.25) is 0 Å². The van der Waals surface area contributed by atoms with Crippen LogP contribution >= 0.6 is 0 Å². The highest BCUT2D eigenvalue weighted by atomic mass is 16.5. The second-order valence-electron chi connectivity index (χ2n) is 4.24. The van der Waals surface area contributed by atoms with Crippen LogP contribution in [0.1, 0.15) is 50.0 Å². The van der Waals surface area contributed by atoms with Crippen LogP contribution in [-0.2, 0) is 0 Å². The lowest BCUT2D eigenvalue weighted by Crippen LogP contribution is -2.14. The number of hydrogen-bond acceptors (Lipinski definition) is 4. The van der Waals surface area contributed by atoms with Gasteiger partial charge in [-0.05, 0) is 12.3 Å². The zero-order valence-electron chi connectivity index (χ0n) is 10.9. The van der Waals surface area contributed by atoms with Crippen LogP contribution in [0.25, 0.3) is 0 Å². The van der Waals surface area contributed by atoms with Gasteiger partial charge >= 0.3 is 5.97 Å². The summed E-state index contributed by atoms with van der Waals surface area (Å²) in [5.41, 5.74) is -0.122. The smallest absolute Gasteiger partial charge is 0.360 e. The van der Waals surface area contributed by atoms with Crippen LogP contribution in [0, 0.1) is 5.92 Å². The van der Waals surface area contributed by atoms with Crippen molar-refractivity contribution < 1.29 is 14.6 Å². The number of rotatable bonds is 8. The fourth-order valence-corrected chi connectivity index (χ4v) is 1.67. The molecule has 5 nitrogen and oxygen atoms in total. The Hall–Kier alpha value is -1.65. The quantitative estimate of drug-likeness (QED) is 0.770. The Balaban J connectivity index is 2.59. The first-order valence-corrected chi connectivity index (χ1v) is 6.36. The summed E-state index contributed by atoms with van der Waals surface area (Å²) in [6, 6.07) is 0. The van der Waals surface area contributed by atoms with Gasteiger partial charge in [0.05, 0.1) is 6.61 Å². The zero-order valence-corrected chi connectivity index (χ0v) is 10.9. The molecule has 100 valence electrons. The van der Waals surface area contributed by atoms with Gasteiger partial charge < -0.3 is 9.84 Å². The highest BCUT2D eigenvalue weighted by Gasteiger charge is 2.15. The van der Waals surface area contributed by atoms with Gasteiger partial charge in [-0.25, -0.2) is 14.8 Å². The zero-order chi connectivity index (χ0) is 13.4. The van der Waals surface area contributed by atoms with E-state index in [0.29, 0.717) is 12.5 Å². The van der Waals surface area contributed by atoms with Crippen molar-refractivity contribution in [3.05, 3.63) is 18.1 Å². The maximum Gasteiger partial charge on any atom is 0.360 e. The molecular formula is C13H20N2O3. The normalized spacial score (nSPS) is 12.1. The van der Waals surface area contributed by atoms with E-state index in [0.717, 1.165) is 25.7 Å². The number of hydrogen-bond donors (Lipinski definition) is 1. The molecule has 0 spiro atoms. The average Bonchev–Trinajstić information content (AvgIpc) is 2.39. The van der Waals surface area contributed by atoms with Crippen molar-refractivity contribution in [1.82, 2.24) is 9.97 Å². The van der Waals surface area contributed by atoms with E-state index >= 15 is 0 Å². The molecule has 18 heavy (non-hydrogen) atoms. The lowest BCUT2D eigenvalue weighted by Gasteiger charge is -2.15. The minimum Gasteiger partial charge on any atom is -0.476 e. The minimum absolute atomic E-state index is 0.111. The first-order chi connectivity index (χ1) is 8.69. The third-order valence-electron chi connectivity index (χ3n) is 2.87. The van der Waals surface area contributed by atoms with Crippen molar-refractivity contribution in [2.75, 3.05) is 6.61 Å². The van der Waals surface area contributed by atoms with Gasteiger partial charge in [0.25, 0.3) is 0 Å². The van der Waals surface area contributed by atoms with Crippen molar-refractivity contribution in [2.45, 2.75) is 39.5 Å². The molecule has 0 aromatic carbocycles. The molecule has 0 saturated carbocycles. The summed E-state index contributed by atoms with van der Waals surface area (Å²) >= 11 is 0. The van der Waals surface area contributed by atoms with Crippen molar-refractivity contribution in [3.8, 4) is 5.88 Å². The molecule has 0 bridgehead atoms. The molecular weight excluding hydrogens is 232 g/mol. The number of nitrogens with zero attached hydrogens (tertiary/aromatic N) is 2. The number of carbonyl (C=O) groups is 1. The molecule has 1 aromatic heterocycles. The maximum absolute atomic E-state index is 10.9. The van der Waals surface area contributed by atoms with Crippen molar-refractivity contribution in [3.63, 3.8) is 0 Å². The SMILES string of the molecule is CCCCC(CC)COc1nccnc1C(=O)O. The molecule has 0 saturated heterocycles. The summed E-state index contributed by atoms with van der Waals surface area (Å²) < 4.78 is 5.49. The highest BCUT2D eigenvalue weighted by Crippen LogP contribution is 2.17. The van der Waals surface area contributed by atoms with Gasteiger partial charge in [-0.1, -0.05) is 33.1 Å². The molecule has 0 fully saturated rings. The summed E-state index contributed by atoms with van der Waals surface area (Å²) in [6.07, 6.45) is 7.22. The lowest BCUT2D eigenvalue weighted by molar-refractivity contribution is 0.0682. The molecule has 1 aromatic rings. The predicted octanol–water partition coefficient (Wildman–Crippen LogP) is 2.77. The Morgan fingerprint density at radius 1 is 1.39 bits per heavy atom. The molecule has 0 aliphatic carbocycles. The van der Waals surface area contributed by atoms with Crippen LogP contribution in [-0.4, -0.2) is 27.7 Å². The van der Waals surface area contributed by atoms with Gasteiger partial charge in [-0.15, -0.1) is 0 Å². The van der Waals surface area contributed by atoms with E-state index in [9.17, 15) is 4.79 Å². The van der Waals surface area contributed by atoms with Gasteiger partial charge in [0, 0.05) is 12.4 Å². The topological polar surface area (TPSA) is 72.3 Å². The van der Waals surface area contributed by atoms with E-state index in [2.05, 4.69) is 23.8 Å². The predicted molar refractivity (Wildman–Crippen MR) is 67.8 cm³/mol. The summed E-state index contributed by atoms with van der Waals surface area (Å²) in [6.45, 7) is 4.76. The number of carboxylic acid groups (broad SMARTS) is 1. The highest BCUT2D eigenvalue weighted by molar-refractivity contribution is 5.87. The van der Waals surface area contributed by atoms with E-state index in [1.807, 2.05) is 0 Å². The van der Waals surface area contributed by atoms with E-state index in [1.54, 1.807) is 0 Å². The van der Waals surface area contributed by atoms with Crippen LogP contribution in [0.15, 0.2) is 12.4 Å². The van der Waals surface area contributed by atoms with Crippen molar-refractivity contribution >= 4 is 5.97 Å². The van der Waals surface area contributed by atoms with E-state index in [-0.39, 0.29) is 11.6 Å². The first-order valence-electron chi connectivity index (χ1n) is 6.36. The Morgan fingerprint density at radius 2 is 2.11 bits per heavy atom. The number of aromatic nitrogens is 2. The van der Waals surface area contributed by atoms with Gasteiger partial charge in [0.2, 0.25) is 11.6 Å². The summed E-state index contributed by atoms with van der Waals surface area (Å²) in [5.74, 6) is -0.562. The molecule has 5 heteroatoms. The molecule has 1 unspecified atom stereocenters. The Morgan fingerprint density at radius 3 is 2.72 bits per heavy atom. The molecule has 1 heterocycles. The average molecular weight is 252 g/mol. The Labute approximate surface area is 107 Å². The number of aromatic carboxylic acids is 1. The third-order valence-corrected chi connectivity index (χ3v) is 2.87. The standard InChI is InChI=1S/C13H20N2O3/c1-3-5-6-10(4-2)9-18-12-11(13(16)17)14-7-8-15-12/h7-8,10H,3-6,9H2,1-2H3,(H,16,17). The third kappa shape index (κ3) is 4.31. The van der Waals surface area contributed by atoms with Gasteiger partial charge in [-0.3, -0.25) is 0 Å². The molecule has 0 aliphatic rings. The van der Waals surface area contributed by atoms with Gasteiger partial charge in [-0.2, -0.15) is 0 Å². The summed E-state index contributed by atoms with van der Waals surface area (Å²) in [5, 5.41) is 8.95. The van der Waals surface area contributed by atoms with Crippen LogP contribution in [0.3, 0.4) is 0 Å². The van der Waals surface area contributed by atoms with Crippen LogP contribution in [0.5, 0.6) is 5.88 Å². The molecule has 0 amide bonds. The molecule has 1 atom stereocenters.